The van der Waals surface area contributed by atoms with Crippen LogP contribution in [0.15, 0.2) is 58.4 Å². The van der Waals surface area contributed by atoms with Crippen LogP contribution in [0.3, 0.4) is 0 Å². The summed E-state index contributed by atoms with van der Waals surface area (Å²) in [4.78, 5) is 17.2. The number of anilines is 1. The molecule has 0 bridgehead atoms. The SMILES string of the molecule is C[C@@H]1N=C(c2ccc(F)cc2)c2cc(Cl)c(N(CS(C)(=O)=O)S(=O)O)cc2-c2cn(C)c(=O)cc21. The Balaban J connectivity index is 2.06. The van der Waals surface area contributed by atoms with Crippen LogP contribution in [-0.2, 0) is 28.2 Å². The van der Waals surface area contributed by atoms with Crippen molar-refractivity contribution in [2.75, 3.05) is 16.4 Å². The summed E-state index contributed by atoms with van der Waals surface area (Å²) in [6.07, 6.45) is 2.57. The molecule has 1 unspecified atom stereocenters. The average Bonchev–Trinajstić information content (AvgIpc) is 2.87. The van der Waals surface area contributed by atoms with Crippen LogP contribution in [0.2, 0.25) is 5.02 Å². The largest absolute Gasteiger partial charge is 0.318 e. The number of nitrogens with zero attached hydrogens (tertiary/aromatic N) is 3. The number of sulfone groups is 1. The van der Waals surface area contributed by atoms with E-state index in [1.807, 2.05) is 6.92 Å². The first-order valence-corrected chi connectivity index (χ1v) is 13.8. The van der Waals surface area contributed by atoms with Gasteiger partial charge in [-0.1, -0.05) is 11.6 Å². The Kier molecular flexibility index (Phi) is 6.71. The van der Waals surface area contributed by atoms with Crippen LogP contribution in [-0.4, -0.2) is 39.6 Å². The molecule has 0 saturated heterocycles. The molecule has 2 aromatic carbocycles. The molecule has 0 saturated carbocycles. The van der Waals surface area contributed by atoms with E-state index in [2.05, 4.69) is 0 Å². The number of pyridine rings is 1. The zero-order valence-corrected chi connectivity index (χ0v) is 21.3. The average molecular weight is 538 g/mol. The molecule has 1 aliphatic rings. The number of rotatable bonds is 5. The minimum Gasteiger partial charge on any atom is -0.318 e. The maximum absolute atomic E-state index is 13.6. The fourth-order valence-electron chi connectivity index (χ4n) is 3.97. The minimum absolute atomic E-state index is 0.0180. The highest BCUT2D eigenvalue weighted by molar-refractivity contribution is 7.92. The second-order valence-corrected chi connectivity index (χ2v) is 11.7. The summed E-state index contributed by atoms with van der Waals surface area (Å²) in [7, 11) is -2.10. The first kappa shape index (κ1) is 25.2. The molecule has 0 aliphatic carbocycles. The number of halogens is 2. The number of aliphatic imine (C=N–C) groups is 1. The Hall–Kier alpha value is -2.86. The fraction of sp³-hybridized carbons (Fsp3) is 0.217. The van der Waals surface area contributed by atoms with Gasteiger partial charge in [0.15, 0.2) is 9.84 Å². The lowest BCUT2D eigenvalue weighted by molar-refractivity contribution is 0.559. The zero-order chi connectivity index (χ0) is 25.7. The molecule has 3 aromatic rings. The molecular formula is C23H21ClFN3O5S2. The van der Waals surface area contributed by atoms with Gasteiger partial charge in [0.05, 0.1) is 22.5 Å². The van der Waals surface area contributed by atoms with Gasteiger partial charge in [-0.15, -0.1) is 0 Å². The third-order valence-corrected chi connectivity index (χ3v) is 7.49. The van der Waals surface area contributed by atoms with E-state index in [-0.39, 0.29) is 16.3 Å². The van der Waals surface area contributed by atoms with Gasteiger partial charge in [0.1, 0.15) is 11.7 Å². The van der Waals surface area contributed by atoms with Crippen LogP contribution in [0, 0.1) is 5.82 Å². The lowest BCUT2D eigenvalue weighted by atomic mass is 9.92. The Bertz CT molecular complexity index is 1550. The molecule has 184 valence electrons. The van der Waals surface area contributed by atoms with E-state index in [0.717, 1.165) is 10.6 Å². The topological polar surface area (TPSA) is 109 Å². The maximum atomic E-state index is 13.6. The highest BCUT2D eigenvalue weighted by atomic mass is 35.5. The molecule has 0 radical (unpaired) electrons. The number of hydrogen-bond acceptors (Lipinski definition) is 5. The molecule has 35 heavy (non-hydrogen) atoms. The van der Waals surface area contributed by atoms with Crippen molar-refractivity contribution in [3.8, 4) is 11.1 Å². The predicted molar refractivity (Wildman–Crippen MR) is 136 cm³/mol. The quantitative estimate of drug-likeness (QED) is 0.499. The second kappa shape index (κ2) is 9.30. The summed E-state index contributed by atoms with van der Waals surface area (Å²) in [6, 6.07) is 9.78. The number of benzene rings is 2. The van der Waals surface area contributed by atoms with Crippen LogP contribution in [0.25, 0.3) is 11.1 Å². The third-order valence-electron chi connectivity index (χ3n) is 5.59. The number of aryl methyl sites for hydroxylation is 1. The summed E-state index contributed by atoms with van der Waals surface area (Å²) in [5, 5.41) is 0.0190. The van der Waals surface area contributed by atoms with Crippen molar-refractivity contribution in [1.29, 1.82) is 0 Å². The molecule has 2 atom stereocenters. The monoisotopic (exact) mass is 537 g/mol. The third kappa shape index (κ3) is 5.08. The summed E-state index contributed by atoms with van der Waals surface area (Å²) >= 11 is 3.83. The number of aromatic nitrogens is 1. The van der Waals surface area contributed by atoms with Crippen molar-refractivity contribution < 1.29 is 21.6 Å². The molecular weight excluding hydrogens is 517 g/mol. The van der Waals surface area contributed by atoms with Gasteiger partial charge in [-0.05, 0) is 54.4 Å². The summed E-state index contributed by atoms with van der Waals surface area (Å²) in [5.41, 5.74) is 3.14. The first-order valence-electron chi connectivity index (χ1n) is 10.3. The maximum Gasteiger partial charge on any atom is 0.262 e. The molecule has 0 amide bonds. The van der Waals surface area contributed by atoms with Crippen LogP contribution >= 0.6 is 11.6 Å². The van der Waals surface area contributed by atoms with Crippen LogP contribution in [0.1, 0.15) is 29.7 Å². The second-order valence-electron chi connectivity index (χ2n) is 8.27. The zero-order valence-electron chi connectivity index (χ0n) is 18.9. The van der Waals surface area contributed by atoms with Crippen molar-refractivity contribution in [2.24, 2.45) is 12.0 Å². The van der Waals surface area contributed by atoms with Gasteiger partial charge in [0.25, 0.3) is 16.8 Å². The summed E-state index contributed by atoms with van der Waals surface area (Å²) < 4.78 is 61.6. The van der Waals surface area contributed by atoms with Crippen LogP contribution < -0.4 is 9.86 Å². The van der Waals surface area contributed by atoms with Crippen LogP contribution in [0.5, 0.6) is 0 Å². The minimum atomic E-state index is -3.69. The van der Waals surface area contributed by atoms with E-state index < -0.39 is 38.8 Å². The summed E-state index contributed by atoms with van der Waals surface area (Å²) in [5.74, 6) is -1.16. The van der Waals surface area contributed by atoms with E-state index in [9.17, 15) is 26.4 Å². The molecule has 8 nitrogen and oxygen atoms in total. The van der Waals surface area contributed by atoms with E-state index >= 15 is 0 Å². The van der Waals surface area contributed by atoms with Gasteiger partial charge in [0, 0.05) is 42.3 Å². The van der Waals surface area contributed by atoms with E-state index in [4.69, 9.17) is 16.6 Å². The Morgan fingerprint density at radius 3 is 2.43 bits per heavy atom. The van der Waals surface area contributed by atoms with Gasteiger partial charge in [-0.2, -0.15) is 0 Å². The van der Waals surface area contributed by atoms with Crippen molar-refractivity contribution in [2.45, 2.75) is 13.0 Å². The van der Waals surface area contributed by atoms with Crippen molar-refractivity contribution in [3.05, 3.63) is 86.5 Å². The molecule has 4 rings (SSSR count). The Morgan fingerprint density at radius 1 is 1.17 bits per heavy atom. The molecule has 1 aromatic heterocycles. The molecule has 1 aliphatic heterocycles. The van der Waals surface area contributed by atoms with E-state index in [0.29, 0.717) is 33.5 Å². The number of hydrogen-bond donors (Lipinski definition) is 1. The molecule has 0 spiro atoms. The normalized spacial score (nSPS) is 16.1. The lowest BCUT2D eigenvalue weighted by Crippen LogP contribution is -2.31. The molecule has 0 fully saturated rings. The fourth-order valence-corrected chi connectivity index (χ4v) is 6.10. The number of fused-ring (bicyclic) bond motifs is 3. The van der Waals surface area contributed by atoms with Crippen molar-refractivity contribution in [3.63, 3.8) is 0 Å². The standard InChI is InChI=1S/C23H21ClFN3O5S2/c1-13-16-10-22(29)27(2)11-19(16)17-9-21(28(34(30)31)12-35(3,32)33)20(24)8-18(17)23(26-13)14-4-6-15(25)7-5-14/h4-11,13H,12H2,1-3H3,(H,30,31)/t13-/m0/s1. The predicted octanol–water partition coefficient (Wildman–Crippen LogP) is 3.70. The lowest BCUT2D eigenvalue weighted by Gasteiger charge is -2.23. The Labute approximate surface area is 209 Å². The van der Waals surface area contributed by atoms with Crippen molar-refractivity contribution >= 4 is 44.1 Å². The summed E-state index contributed by atoms with van der Waals surface area (Å²) in [6.45, 7) is 1.81. The van der Waals surface area contributed by atoms with Gasteiger partial charge < -0.3 is 4.57 Å². The highest BCUT2D eigenvalue weighted by Gasteiger charge is 2.28. The molecule has 1 N–H and O–H groups in total. The van der Waals surface area contributed by atoms with Gasteiger partial charge in [-0.3, -0.25) is 18.6 Å². The highest BCUT2D eigenvalue weighted by Crippen LogP contribution is 2.41. The van der Waals surface area contributed by atoms with Gasteiger partial charge >= 0.3 is 0 Å². The van der Waals surface area contributed by atoms with E-state index in [1.165, 1.54) is 34.9 Å². The van der Waals surface area contributed by atoms with Gasteiger partial charge in [-0.25, -0.2) is 17.0 Å². The van der Waals surface area contributed by atoms with Crippen molar-refractivity contribution in [1.82, 2.24) is 4.57 Å². The first-order chi connectivity index (χ1) is 16.4. The Morgan fingerprint density at radius 2 is 1.83 bits per heavy atom. The molecule has 2 heterocycles. The smallest absolute Gasteiger partial charge is 0.262 e. The molecule has 12 heteroatoms. The van der Waals surface area contributed by atoms with E-state index in [1.54, 1.807) is 25.4 Å². The van der Waals surface area contributed by atoms with Gasteiger partial charge in [0.2, 0.25) is 0 Å². The van der Waals surface area contributed by atoms with Crippen LogP contribution in [0.4, 0.5) is 10.1 Å².